The number of anilines is 2. The van der Waals surface area contributed by atoms with E-state index in [-0.39, 0.29) is 35.4 Å². The van der Waals surface area contributed by atoms with Crippen LogP contribution in [-0.4, -0.2) is 34.7 Å². The summed E-state index contributed by atoms with van der Waals surface area (Å²) in [6.45, 7) is 0.126. The lowest BCUT2D eigenvalue weighted by Crippen LogP contribution is -2.20. The Kier molecular flexibility index (Phi) is 5.72. The van der Waals surface area contributed by atoms with Gasteiger partial charge in [0.1, 0.15) is 12.3 Å². The highest BCUT2D eigenvalue weighted by Gasteiger charge is 2.29. The van der Waals surface area contributed by atoms with Crippen LogP contribution in [0.25, 0.3) is 11.1 Å². The van der Waals surface area contributed by atoms with Crippen molar-refractivity contribution in [1.29, 1.82) is 0 Å². The van der Waals surface area contributed by atoms with Crippen LogP contribution in [0.15, 0.2) is 83.6 Å². The van der Waals surface area contributed by atoms with Gasteiger partial charge in [-0.05, 0) is 34.4 Å². The minimum absolute atomic E-state index is 0.0958. The zero-order valence-electron chi connectivity index (χ0n) is 18.2. The normalized spacial score (nSPS) is 11.9. The highest BCUT2D eigenvalue weighted by atomic mass is 16.5. The van der Waals surface area contributed by atoms with E-state index >= 15 is 0 Å². The summed E-state index contributed by atoms with van der Waals surface area (Å²) in [5, 5.41) is 14.0. The zero-order chi connectivity index (χ0) is 24.4. The maximum Gasteiger partial charge on any atom is 0.411 e. The van der Waals surface area contributed by atoms with Crippen molar-refractivity contribution in [3.8, 4) is 11.1 Å². The van der Waals surface area contributed by atoms with Gasteiger partial charge in [0, 0.05) is 12.0 Å². The first-order valence-electron chi connectivity index (χ1n) is 10.7. The Morgan fingerprint density at radius 3 is 2.23 bits per heavy atom. The molecule has 0 unspecified atom stereocenters. The number of furan rings is 1. The van der Waals surface area contributed by atoms with Crippen LogP contribution < -0.4 is 10.6 Å². The predicted octanol–water partition coefficient (Wildman–Crippen LogP) is 4.99. The van der Waals surface area contributed by atoms with Crippen molar-refractivity contribution in [2.24, 2.45) is 0 Å². The summed E-state index contributed by atoms with van der Waals surface area (Å²) in [6.07, 6.45) is 1.75. The molecule has 9 nitrogen and oxygen atoms in total. The minimum atomic E-state index is -1.18. The highest BCUT2D eigenvalue weighted by molar-refractivity contribution is 6.07. The third kappa shape index (κ3) is 4.34. The average molecular weight is 469 g/mol. The quantitative estimate of drug-likeness (QED) is 0.363. The number of benzene rings is 2. The van der Waals surface area contributed by atoms with E-state index < -0.39 is 18.0 Å². The van der Waals surface area contributed by atoms with Gasteiger partial charge in [-0.2, -0.15) is 0 Å². The minimum Gasteiger partial charge on any atom is -0.477 e. The van der Waals surface area contributed by atoms with Crippen molar-refractivity contribution in [2.45, 2.75) is 5.92 Å². The number of fused-ring (bicyclic) bond motifs is 3. The molecule has 0 saturated carbocycles. The molecule has 0 spiro atoms. The number of nitrogens with zero attached hydrogens (tertiary/aromatic N) is 1. The Labute approximate surface area is 199 Å². The molecule has 2 heterocycles. The topological polar surface area (TPSA) is 131 Å². The lowest BCUT2D eigenvalue weighted by molar-refractivity contribution is 0.0690. The van der Waals surface area contributed by atoms with Gasteiger partial charge >= 0.3 is 12.1 Å². The number of pyridine rings is 1. The van der Waals surface area contributed by atoms with Crippen LogP contribution >= 0.6 is 0 Å². The maximum atomic E-state index is 12.6. The molecule has 2 amide bonds. The van der Waals surface area contributed by atoms with E-state index in [9.17, 15) is 14.4 Å². The summed E-state index contributed by atoms with van der Waals surface area (Å²) in [5.41, 5.74) is 4.67. The first-order valence-corrected chi connectivity index (χ1v) is 10.7. The number of aromatic nitrogens is 1. The van der Waals surface area contributed by atoms with Crippen LogP contribution in [0.4, 0.5) is 16.2 Å². The van der Waals surface area contributed by atoms with E-state index in [2.05, 4.69) is 27.8 Å². The number of carboxylic acid groups (broad SMARTS) is 1. The third-order valence-electron chi connectivity index (χ3n) is 5.69. The molecule has 0 aliphatic heterocycles. The van der Waals surface area contributed by atoms with Gasteiger partial charge in [0.05, 0.1) is 23.8 Å². The average Bonchev–Trinajstić information content (AvgIpc) is 3.45. The largest absolute Gasteiger partial charge is 0.477 e. The third-order valence-corrected chi connectivity index (χ3v) is 5.69. The number of rotatable bonds is 6. The lowest BCUT2D eigenvalue weighted by atomic mass is 9.98. The molecule has 9 heteroatoms. The fourth-order valence-electron chi connectivity index (χ4n) is 4.11. The standard InChI is InChI=1S/C26H19N3O6/c30-24(28-15-9-10-22(25(31)32)27-13-15)23-21(11-12-34-23)29-26(33)35-14-20-18-7-3-1-5-16(18)17-6-2-4-8-19(17)20/h1-13,20H,14H2,(H,28,30)(H,29,33)(H,31,32). The number of carbonyl (C=O) groups excluding carboxylic acids is 2. The summed E-state index contributed by atoms with van der Waals surface area (Å²) < 4.78 is 10.7. The summed E-state index contributed by atoms with van der Waals surface area (Å²) >= 11 is 0. The van der Waals surface area contributed by atoms with Gasteiger partial charge in [0.2, 0.25) is 5.76 Å². The molecule has 0 saturated heterocycles. The van der Waals surface area contributed by atoms with Gasteiger partial charge in [-0.25, -0.2) is 14.6 Å². The number of hydrogen-bond acceptors (Lipinski definition) is 6. The van der Waals surface area contributed by atoms with Crippen LogP contribution in [0.1, 0.15) is 38.1 Å². The Hall–Kier alpha value is -4.92. The van der Waals surface area contributed by atoms with Gasteiger partial charge < -0.3 is 19.6 Å². The van der Waals surface area contributed by atoms with Crippen molar-refractivity contribution in [3.63, 3.8) is 0 Å². The molecule has 5 rings (SSSR count). The molecular weight excluding hydrogens is 450 g/mol. The number of aromatic carboxylic acids is 1. The van der Waals surface area contributed by atoms with Crippen molar-refractivity contribution >= 4 is 29.3 Å². The van der Waals surface area contributed by atoms with Crippen LogP contribution in [-0.2, 0) is 4.74 Å². The number of carbonyl (C=O) groups is 3. The van der Waals surface area contributed by atoms with E-state index in [1.165, 1.54) is 30.7 Å². The number of nitrogens with one attached hydrogen (secondary N) is 2. The summed E-state index contributed by atoms with van der Waals surface area (Å²) in [6, 6.07) is 20.1. The molecule has 2 aromatic heterocycles. The molecule has 4 aromatic rings. The molecule has 1 aliphatic carbocycles. The molecule has 0 bridgehead atoms. The Morgan fingerprint density at radius 1 is 0.914 bits per heavy atom. The van der Waals surface area contributed by atoms with Crippen molar-refractivity contribution in [1.82, 2.24) is 4.98 Å². The number of hydrogen-bond donors (Lipinski definition) is 3. The molecule has 0 atom stereocenters. The van der Waals surface area contributed by atoms with Gasteiger partial charge in [0.25, 0.3) is 5.91 Å². The number of carboxylic acids is 1. The predicted molar refractivity (Wildman–Crippen MR) is 127 cm³/mol. The summed E-state index contributed by atoms with van der Waals surface area (Å²) in [7, 11) is 0. The highest BCUT2D eigenvalue weighted by Crippen LogP contribution is 2.44. The van der Waals surface area contributed by atoms with Crippen molar-refractivity contribution < 1.29 is 28.6 Å². The van der Waals surface area contributed by atoms with E-state index in [0.29, 0.717) is 0 Å². The van der Waals surface area contributed by atoms with Gasteiger partial charge in [0.15, 0.2) is 0 Å². The number of amides is 2. The lowest BCUT2D eigenvalue weighted by Gasteiger charge is -2.14. The van der Waals surface area contributed by atoms with Gasteiger partial charge in [-0.3, -0.25) is 10.1 Å². The van der Waals surface area contributed by atoms with E-state index in [4.69, 9.17) is 14.3 Å². The second kappa shape index (κ2) is 9.14. The van der Waals surface area contributed by atoms with E-state index in [1.807, 2.05) is 36.4 Å². The van der Waals surface area contributed by atoms with E-state index in [0.717, 1.165) is 22.3 Å². The van der Waals surface area contributed by atoms with Gasteiger partial charge in [-0.1, -0.05) is 48.5 Å². The van der Waals surface area contributed by atoms with E-state index in [1.54, 1.807) is 0 Å². The molecule has 0 radical (unpaired) electrons. The van der Waals surface area contributed by atoms with Crippen LogP contribution in [0.2, 0.25) is 0 Å². The van der Waals surface area contributed by atoms with Crippen LogP contribution in [0.3, 0.4) is 0 Å². The molecule has 3 N–H and O–H groups in total. The van der Waals surface area contributed by atoms with Crippen molar-refractivity contribution in [3.05, 3.63) is 102 Å². The maximum absolute atomic E-state index is 12.6. The molecule has 0 fully saturated rings. The van der Waals surface area contributed by atoms with Crippen LogP contribution in [0.5, 0.6) is 0 Å². The second-order valence-electron chi connectivity index (χ2n) is 7.81. The summed E-state index contributed by atoms with van der Waals surface area (Å²) in [4.78, 5) is 39.8. The smallest absolute Gasteiger partial charge is 0.411 e. The molecular formula is C26H19N3O6. The Morgan fingerprint density at radius 2 is 1.60 bits per heavy atom. The SMILES string of the molecule is O=C(Nc1ccoc1C(=O)Nc1ccc(C(=O)O)nc1)OCC1c2ccccc2-c2ccccc21. The summed E-state index contributed by atoms with van der Waals surface area (Å²) in [5.74, 6) is -2.06. The zero-order valence-corrected chi connectivity index (χ0v) is 18.2. The Balaban J connectivity index is 1.24. The molecule has 1 aliphatic rings. The molecule has 2 aromatic carbocycles. The van der Waals surface area contributed by atoms with Crippen LogP contribution in [0, 0.1) is 0 Å². The number of ether oxygens (including phenoxy) is 1. The monoisotopic (exact) mass is 469 g/mol. The first kappa shape index (κ1) is 21.9. The molecule has 35 heavy (non-hydrogen) atoms. The first-order chi connectivity index (χ1) is 17.0. The fraction of sp³-hybridized carbons (Fsp3) is 0.0769. The van der Waals surface area contributed by atoms with Gasteiger partial charge in [-0.15, -0.1) is 0 Å². The molecule has 174 valence electrons. The fourth-order valence-corrected chi connectivity index (χ4v) is 4.11. The van der Waals surface area contributed by atoms with Crippen molar-refractivity contribution in [2.75, 3.05) is 17.2 Å². The second-order valence-corrected chi connectivity index (χ2v) is 7.81. The Bertz CT molecular complexity index is 1380.